The summed E-state index contributed by atoms with van der Waals surface area (Å²) in [6.45, 7) is 0. The number of hydrazine groups is 1. The van der Waals surface area contributed by atoms with E-state index in [-0.39, 0.29) is 0 Å². The molecule has 1 aromatic heterocycles. The average Bonchev–Trinajstić information content (AvgIpc) is 2.77. The van der Waals surface area contributed by atoms with E-state index in [1.807, 2.05) is 0 Å². The van der Waals surface area contributed by atoms with Crippen LogP contribution in [0.15, 0.2) is 12.4 Å². The van der Waals surface area contributed by atoms with Crippen LogP contribution in [0.2, 0.25) is 0 Å². The van der Waals surface area contributed by atoms with Gasteiger partial charge >= 0.3 is 0 Å². The number of nitrogens with zero attached hydrogens (tertiary/aromatic N) is 2. The molecule has 2 rings (SSSR count). The van der Waals surface area contributed by atoms with Gasteiger partial charge in [0.2, 0.25) is 0 Å². The lowest BCUT2D eigenvalue weighted by Crippen LogP contribution is -2.19. The van der Waals surface area contributed by atoms with Crippen molar-refractivity contribution < 1.29 is 4.74 Å². The largest absolute Gasteiger partial charge is 0.381 e. The topological polar surface area (TPSA) is 85.1 Å². The van der Waals surface area contributed by atoms with Gasteiger partial charge in [-0.3, -0.25) is 4.98 Å². The minimum absolute atomic E-state index is 0.362. The summed E-state index contributed by atoms with van der Waals surface area (Å²) in [5.41, 5.74) is 2.47. The SMILES string of the molecule is COC1CCC(Nc2cncc(NN)n2)C1. The van der Waals surface area contributed by atoms with Crippen molar-refractivity contribution in [3.63, 3.8) is 0 Å². The third kappa shape index (κ3) is 2.59. The first-order chi connectivity index (χ1) is 7.81. The van der Waals surface area contributed by atoms with Crippen LogP contribution in [0, 0.1) is 0 Å². The molecule has 1 saturated carbocycles. The van der Waals surface area contributed by atoms with Crippen LogP contribution in [0.25, 0.3) is 0 Å². The third-order valence-electron chi connectivity index (χ3n) is 2.85. The fourth-order valence-electron chi connectivity index (χ4n) is 2.00. The van der Waals surface area contributed by atoms with Crippen LogP contribution in [-0.2, 0) is 4.74 Å². The maximum absolute atomic E-state index is 5.32. The second kappa shape index (κ2) is 5.09. The molecule has 1 fully saturated rings. The zero-order valence-corrected chi connectivity index (χ0v) is 9.31. The predicted octanol–water partition coefficient (Wildman–Crippen LogP) is 0.742. The number of anilines is 2. The quantitative estimate of drug-likeness (QED) is 0.515. The summed E-state index contributed by atoms with van der Waals surface area (Å²) in [6.07, 6.45) is 6.84. The second-order valence-electron chi connectivity index (χ2n) is 3.95. The molecule has 0 spiro atoms. The van der Waals surface area contributed by atoms with Crippen LogP contribution >= 0.6 is 0 Å². The van der Waals surface area contributed by atoms with Gasteiger partial charge in [-0.15, -0.1) is 0 Å². The number of methoxy groups -OCH3 is 1. The highest BCUT2D eigenvalue weighted by atomic mass is 16.5. The van der Waals surface area contributed by atoms with Gasteiger partial charge in [0.25, 0.3) is 0 Å². The van der Waals surface area contributed by atoms with Crippen molar-refractivity contribution in [3.8, 4) is 0 Å². The Bertz CT molecular complexity index is 346. The van der Waals surface area contributed by atoms with Crippen LogP contribution in [-0.4, -0.2) is 29.2 Å². The summed E-state index contributed by atoms with van der Waals surface area (Å²) < 4.78 is 5.32. The summed E-state index contributed by atoms with van der Waals surface area (Å²) >= 11 is 0. The minimum atomic E-state index is 0.362. The van der Waals surface area contributed by atoms with Gasteiger partial charge in [0.05, 0.1) is 18.5 Å². The number of hydrogen-bond donors (Lipinski definition) is 3. The van der Waals surface area contributed by atoms with E-state index >= 15 is 0 Å². The summed E-state index contributed by atoms with van der Waals surface area (Å²) in [7, 11) is 1.76. The van der Waals surface area contributed by atoms with E-state index in [0.717, 1.165) is 25.1 Å². The van der Waals surface area contributed by atoms with Crippen molar-refractivity contribution in [1.29, 1.82) is 0 Å². The minimum Gasteiger partial charge on any atom is -0.381 e. The van der Waals surface area contributed by atoms with E-state index in [1.165, 1.54) is 0 Å². The molecule has 88 valence electrons. The molecule has 6 nitrogen and oxygen atoms in total. The van der Waals surface area contributed by atoms with Gasteiger partial charge in [0, 0.05) is 13.2 Å². The van der Waals surface area contributed by atoms with Crippen LogP contribution < -0.4 is 16.6 Å². The van der Waals surface area contributed by atoms with Crippen molar-refractivity contribution in [2.45, 2.75) is 31.4 Å². The summed E-state index contributed by atoms with van der Waals surface area (Å²) in [6, 6.07) is 0.410. The van der Waals surface area contributed by atoms with Crippen LogP contribution in [0.3, 0.4) is 0 Å². The Morgan fingerprint density at radius 2 is 2.19 bits per heavy atom. The van der Waals surface area contributed by atoms with Crippen molar-refractivity contribution in [1.82, 2.24) is 9.97 Å². The van der Waals surface area contributed by atoms with E-state index < -0.39 is 0 Å². The van der Waals surface area contributed by atoms with Crippen LogP contribution in [0.4, 0.5) is 11.6 Å². The average molecular weight is 223 g/mol. The Labute approximate surface area is 94.6 Å². The molecule has 1 aliphatic rings. The summed E-state index contributed by atoms with van der Waals surface area (Å²) in [4.78, 5) is 8.29. The molecule has 6 heteroatoms. The fraction of sp³-hybridized carbons (Fsp3) is 0.600. The molecule has 0 radical (unpaired) electrons. The number of nitrogens with two attached hydrogens (primary N) is 1. The van der Waals surface area contributed by atoms with E-state index in [9.17, 15) is 0 Å². The first-order valence-electron chi connectivity index (χ1n) is 5.40. The number of aromatic nitrogens is 2. The normalized spacial score (nSPS) is 24.4. The lowest BCUT2D eigenvalue weighted by Gasteiger charge is -2.13. The van der Waals surface area contributed by atoms with Crippen LogP contribution in [0.5, 0.6) is 0 Å². The fourth-order valence-corrected chi connectivity index (χ4v) is 2.00. The Morgan fingerprint density at radius 1 is 1.38 bits per heavy atom. The highest BCUT2D eigenvalue weighted by Gasteiger charge is 2.24. The van der Waals surface area contributed by atoms with E-state index in [0.29, 0.717) is 18.0 Å². The molecule has 2 atom stereocenters. The molecular formula is C10H17N5O. The molecule has 0 aromatic carbocycles. The molecular weight excluding hydrogens is 206 g/mol. The van der Waals surface area contributed by atoms with Gasteiger partial charge in [-0.25, -0.2) is 10.8 Å². The molecule has 1 aromatic rings. The molecule has 4 N–H and O–H groups in total. The first-order valence-corrected chi connectivity index (χ1v) is 5.40. The summed E-state index contributed by atoms with van der Waals surface area (Å²) in [5, 5.41) is 3.33. The molecule has 0 amide bonds. The Kier molecular flexibility index (Phi) is 3.53. The van der Waals surface area contributed by atoms with Gasteiger partial charge < -0.3 is 15.5 Å². The highest BCUT2D eigenvalue weighted by Crippen LogP contribution is 2.24. The Morgan fingerprint density at radius 3 is 2.88 bits per heavy atom. The van der Waals surface area contributed by atoms with Crippen molar-refractivity contribution >= 4 is 11.6 Å². The molecule has 2 unspecified atom stereocenters. The van der Waals surface area contributed by atoms with Gasteiger partial charge in [-0.05, 0) is 19.3 Å². The number of hydrogen-bond acceptors (Lipinski definition) is 6. The van der Waals surface area contributed by atoms with E-state index in [4.69, 9.17) is 10.6 Å². The molecule has 1 heterocycles. The number of ether oxygens (including phenoxy) is 1. The number of rotatable bonds is 4. The summed E-state index contributed by atoms with van der Waals surface area (Å²) in [5.74, 6) is 6.58. The third-order valence-corrected chi connectivity index (χ3v) is 2.85. The van der Waals surface area contributed by atoms with Crippen molar-refractivity contribution in [3.05, 3.63) is 12.4 Å². The zero-order valence-electron chi connectivity index (χ0n) is 9.31. The van der Waals surface area contributed by atoms with Crippen LogP contribution in [0.1, 0.15) is 19.3 Å². The molecule has 0 saturated heterocycles. The van der Waals surface area contributed by atoms with Gasteiger partial charge in [-0.1, -0.05) is 0 Å². The molecule has 1 aliphatic carbocycles. The maximum atomic E-state index is 5.32. The van der Waals surface area contributed by atoms with Crippen molar-refractivity contribution in [2.24, 2.45) is 5.84 Å². The Balaban J connectivity index is 1.94. The molecule has 16 heavy (non-hydrogen) atoms. The highest BCUT2D eigenvalue weighted by molar-refractivity contribution is 5.41. The van der Waals surface area contributed by atoms with Gasteiger partial charge in [-0.2, -0.15) is 0 Å². The maximum Gasteiger partial charge on any atom is 0.160 e. The second-order valence-corrected chi connectivity index (χ2v) is 3.95. The monoisotopic (exact) mass is 223 g/mol. The lowest BCUT2D eigenvalue weighted by molar-refractivity contribution is 0.108. The Hall–Kier alpha value is -1.40. The van der Waals surface area contributed by atoms with Gasteiger partial charge in [0.1, 0.15) is 5.82 Å². The molecule has 0 bridgehead atoms. The zero-order chi connectivity index (χ0) is 11.4. The van der Waals surface area contributed by atoms with Crippen molar-refractivity contribution in [2.75, 3.05) is 17.9 Å². The number of nitrogens with one attached hydrogen (secondary N) is 2. The predicted molar refractivity (Wildman–Crippen MR) is 61.9 cm³/mol. The van der Waals surface area contributed by atoms with E-state index in [1.54, 1.807) is 19.5 Å². The van der Waals surface area contributed by atoms with E-state index in [2.05, 4.69) is 20.7 Å². The molecule has 0 aliphatic heterocycles. The lowest BCUT2D eigenvalue weighted by atomic mass is 10.2. The standard InChI is InChI=1S/C10H17N5O/c1-16-8-3-2-7(4-8)13-9-5-12-6-10(14-9)15-11/h5-8H,2-4,11H2,1H3,(H2,13,14,15). The number of nitrogen functional groups attached to an aromatic ring is 1. The smallest absolute Gasteiger partial charge is 0.160 e. The van der Waals surface area contributed by atoms with Gasteiger partial charge in [0.15, 0.2) is 5.82 Å². The first kappa shape index (κ1) is 11.1.